The molecule has 0 bridgehead atoms. The first-order valence-electron chi connectivity index (χ1n) is 6.65. The molecule has 0 aliphatic rings. The van der Waals surface area contributed by atoms with Crippen LogP contribution in [-0.4, -0.2) is 17.3 Å². The van der Waals surface area contributed by atoms with Crippen LogP contribution in [0.25, 0.3) is 0 Å². The lowest BCUT2D eigenvalue weighted by Gasteiger charge is -2.28. The van der Waals surface area contributed by atoms with Gasteiger partial charge in [-0.05, 0) is 12.8 Å². The average molecular weight is 271 g/mol. The number of methoxy groups -OCH3 is 1. The van der Waals surface area contributed by atoms with E-state index in [0.717, 1.165) is 18.5 Å². The summed E-state index contributed by atoms with van der Waals surface area (Å²) in [7, 11) is 1.57. The van der Waals surface area contributed by atoms with E-state index in [1.165, 1.54) is 19.3 Å². The number of unbranched alkanes of at least 4 members (excludes halogenated alkanes) is 2. The van der Waals surface area contributed by atoms with Crippen molar-refractivity contribution in [2.45, 2.75) is 58.3 Å². The van der Waals surface area contributed by atoms with Crippen LogP contribution >= 0.6 is 11.6 Å². The zero-order valence-corrected chi connectivity index (χ0v) is 12.5. The molecule has 1 atom stereocenters. The van der Waals surface area contributed by atoms with Gasteiger partial charge in [0.1, 0.15) is 0 Å². The summed E-state index contributed by atoms with van der Waals surface area (Å²) in [6, 6.07) is 1.75. The second kappa shape index (κ2) is 6.93. The molecule has 0 fully saturated rings. The smallest absolute Gasteiger partial charge is 0.234 e. The Morgan fingerprint density at radius 2 is 2.00 bits per heavy atom. The minimum atomic E-state index is 0.00548. The van der Waals surface area contributed by atoms with Crippen LogP contribution in [0.15, 0.2) is 6.07 Å². The van der Waals surface area contributed by atoms with Gasteiger partial charge < -0.3 is 4.74 Å². The Labute approximate surface area is 115 Å². The van der Waals surface area contributed by atoms with Crippen molar-refractivity contribution in [1.29, 1.82) is 0 Å². The molecule has 1 heterocycles. The van der Waals surface area contributed by atoms with Gasteiger partial charge in [0.25, 0.3) is 0 Å². The summed E-state index contributed by atoms with van der Waals surface area (Å²) in [5, 5.41) is 8.96. The molecule has 0 saturated heterocycles. The third-order valence-electron chi connectivity index (χ3n) is 3.62. The fourth-order valence-electron chi connectivity index (χ4n) is 2.09. The highest BCUT2D eigenvalue weighted by atomic mass is 35.5. The van der Waals surface area contributed by atoms with Gasteiger partial charge >= 0.3 is 0 Å². The number of aromatic nitrogens is 2. The molecule has 1 aromatic heterocycles. The van der Waals surface area contributed by atoms with Crippen LogP contribution in [0, 0.1) is 0 Å². The summed E-state index contributed by atoms with van der Waals surface area (Å²) in [4.78, 5) is 0. The maximum Gasteiger partial charge on any atom is 0.234 e. The molecule has 0 aromatic carbocycles. The van der Waals surface area contributed by atoms with Crippen LogP contribution in [0.4, 0.5) is 0 Å². The standard InChI is InChI=1S/C14H23ClN2O/c1-5-7-8-9-14(3,6-2)13-11(15)10-12(18-4)16-17-13/h10H,5-9H2,1-4H3. The van der Waals surface area contributed by atoms with Crippen LogP contribution in [0.2, 0.25) is 5.02 Å². The van der Waals surface area contributed by atoms with E-state index in [0.29, 0.717) is 10.9 Å². The summed E-state index contributed by atoms with van der Waals surface area (Å²) in [5.41, 5.74) is 0.898. The van der Waals surface area contributed by atoms with Gasteiger partial charge in [-0.2, -0.15) is 0 Å². The molecule has 0 aliphatic carbocycles. The summed E-state index contributed by atoms with van der Waals surface area (Å²) in [6.45, 7) is 6.60. The van der Waals surface area contributed by atoms with Gasteiger partial charge in [-0.25, -0.2) is 0 Å². The highest BCUT2D eigenvalue weighted by Crippen LogP contribution is 2.36. The highest BCUT2D eigenvalue weighted by Gasteiger charge is 2.29. The molecule has 3 nitrogen and oxygen atoms in total. The number of hydrogen-bond donors (Lipinski definition) is 0. The van der Waals surface area contributed by atoms with Crippen molar-refractivity contribution in [3.05, 3.63) is 16.8 Å². The van der Waals surface area contributed by atoms with Gasteiger partial charge in [0.15, 0.2) is 0 Å². The van der Waals surface area contributed by atoms with Gasteiger partial charge in [0.05, 0.1) is 17.8 Å². The number of halogens is 1. The second-order valence-corrected chi connectivity index (χ2v) is 5.36. The highest BCUT2D eigenvalue weighted by molar-refractivity contribution is 6.31. The first-order chi connectivity index (χ1) is 8.57. The number of ether oxygens (including phenoxy) is 1. The Morgan fingerprint density at radius 3 is 2.50 bits per heavy atom. The first kappa shape index (κ1) is 15.2. The zero-order chi connectivity index (χ0) is 13.6. The predicted octanol–water partition coefficient (Wildman–Crippen LogP) is 4.39. The molecule has 0 N–H and O–H groups in total. The van der Waals surface area contributed by atoms with E-state index in [9.17, 15) is 0 Å². The molecule has 4 heteroatoms. The Hall–Kier alpha value is -0.830. The maximum absolute atomic E-state index is 6.30. The molecule has 0 radical (unpaired) electrons. The summed E-state index contributed by atoms with van der Waals surface area (Å²) < 4.78 is 5.04. The van der Waals surface area contributed by atoms with Crippen molar-refractivity contribution in [3.8, 4) is 5.88 Å². The number of hydrogen-bond acceptors (Lipinski definition) is 3. The van der Waals surface area contributed by atoms with Crippen molar-refractivity contribution >= 4 is 11.6 Å². The van der Waals surface area contributed by atoms with Crippen molar-refractivity contribution in [2.75, 3.05) is 7.11 Å². The number of nitrogens with zero attached hydrogens (tertiary/aromatic N) is 2. The normalized spacial score (nSPS) is 14.3. The molecular weight excluding hydrogens is 248 g/mol. The molecule has 1 aromatic rings. The van der Waals surface area contributed by atoms with E-state index in [1.54, 1.807) is 13.2 Å². The molecule has 1 rings (SSSR count). The molecule has 0 aliphatic heterocycles. The Balaban J connectivity index is 2.92. The summed E-state index contributed by atoms with van der Waals surface area (Å²) in [6.07, 6.45) is 5.78. The van der Waals surface area contributed by atoms with E-state index < -0.39 is 0 Å². The predicted molar refractivity (Wildman–Crippen MR) is 75.4 cm³/mol. The van der Waals surface area contributed by atoms with E-state index in [4.69, 9.17) is 16.3 Å². The maximum atomic E-state index is 6.30. The topological polar surface area (TPSA) is 35.0 Å². The largest absolute Gasteiger partial charge is 0.480 e. The Kier molecular flexibility index (Phi) is 5.86. The quantitative estimate of drug-likeness (QED) is 0.690. The molecule has 0 spiro atoms. The molecule has 0 saturated carbocycles. The van der Waals surface area contributed by atoms with Crippen molar-refractivity contribution in [3.63, 3.8) is 0 Å². The van der Waals surface area contributed by atoms with Crippen LogP contribution in [-0.2, 0) is 5.41 Å². The monoisotopic (exact) mass is 270 g/mol. The van der Waals surface area contributed by atoms with Gasteiger partial charge in [0, 0.05) is 11.5 Å². The molecule has 102 valence electrons. The van der Waals surface area contributed by atoms with Crippen molar-refractivity contribution in [1.82, 2.24) is 10.2 Å². The Bertz CT molecular complexity index is 384. The van der Waals surface area contributed by atoms with Gasteiger partial charge in [-0.15, -0.1) is 10.2 Å². The van der Waals surface area contributed by atoms with Crippen LogP contribution in [0.1, 0.15) is 58.6 Å². The van der Waals surface area contributed by atoms with Crippen LogP contribution in [0.5, 0.6) is 5.88 Å². The third kappa shape index (κ3) is 3.58. The van der Waals surface area contributed by atoms with Gasteiger partial charge in [0.2, 0.25) is 5.88 Å². The van der Waals surface area contributed by atoms with Gasteiger partial charge in [-0.1, -0.05) is 51.6 Å². The zero-order valence-electron chi connectivity index (χ0n) is 11.8. The lowest BCUT2D eigenvalue weighted by Crippen LogP contribution is -2.23. The summed E-state index contributed by atoms with van der Waals surface area (Å²) >= 11 is 6.30. The lowest BCUT2D eigenvalue weighted by atomic mass is 9.79. The fourth-order valence-corrected chi connectivity index (χ4v) is 2.45. The average Bonchev–Trinajstić information content (AvgIpc) is 2.38. The van der Waals surface area contributed by atoms with Crippen molar-refractivity contribution < 1.29 is 4.74 Å². The molecule has 1 unspecified atom stereocenters. The van der Waals surface area contributed by atoms with Crippen LogP contribution in [0.3, 0.4) is 0 Å². The minimum Gasteiger partial charge on any atom is -0.480 e. The SMILES string of the molecule is CCCCCC(C)(CC)c1nnc(OC)cc1Cl. The minimum absolute atomic E-state index is 0.00548. The van der Waals surface area contributed by atoms with Gasteiger partial charge in [-0.3, -0.25) is 0 Å². The summed E-state index contributed by atoms with van der Waals surface area (Å²) in [5.74, 6) is 0.468. The third-order valence-corrected chi connectivity index (χ3v) is 3.91. The van der Waals surface area contributed by atoms with E-state index >= 15 is 0 Å². The van der Waals surface area contributed by atoms with E-state index in [2.05, 4.69) is 31.0 Å². The Morgan fingerprint density at radius 1 is 1.28 bits per heavy atom. The van der Waals surface area contributed by atoms with Crippen LogP contribution < -0.4 is 4.74 Å². The van der Waals surface area contributed by atoms with E-state index in [1.807, 2.05) is 0 Å². The van der Waals surface area contributed by atoms with Crippen molar-refractivity contribution in [2.24, 2.45) is 0 Å². The molecule has 18 heavy (non-hydrogen) atoms. The first-order valence-corrected chi connectivity index (χ1v) is 7.03. The molecular formula is C14H23ClN2O. The molecule has 0 amide bonds. The second-order valence-electron chi connectivity index (χ2n) is 4.95. The number of rotatable bonds is 7. The fraction of sp³-hybridized carbons (Fsp3) is 0.714. The van der Waals surface area contributed by atoms with E-state index in [-0.39, 0.29) is 5.41 Å². The lowest BCUT2D eigenvalue weighted by molar-refractivity contribution is 0.368.